The third-order valence-corrected chi connectivity index (χ3v) is 5.81. The standard InChI is InChI=1S/C23H26ClN5/c1-17-3-5-19(6-4-17)23-21(8-7-18-9-10-25-15-20(18)24)27-22(16-26-23)29-13-11-28(2)12-14-29/h3-6,9-10,15-16H,7-8,11-14H2,1-2H3. The molecule has 2 aromatic heterocycles. The molecule has 1 saturated heterocycles. The van der Waals surface area contributed by atoms with Crippen molar-refractivity contribution in [3.63, 3.8) is 0 Å². The molecule has 0 amide bonds. The van der Waals surface area contributed by atoms with Crippen molar-refractivity contribution in [3.05, 3.63) is 70.8 Å². The topological polar surface area (TPSA) is 45.2 Å². The molecule has 3 heterocycles. The molecule has 0 aliphatic carbocycles. The number of aromatic nitrogens is 3. The molecule has 1 aliphatic heterocycles. The number of piperazine rings is 1. The molecule has 0 atom stereocenters. The second kappa shape index (κ2) is 8.89. The quantitative estimate of drug-likeness (QED) is 0.638. The van der Waals surface area contributed by atoms with Crippen molar-refractivity contribution in [2.45, 2.75) is 19.8 Å². The van der Waals surface area contributed by atoms with Gasteiger partial charge < -0.3 is 9.80 Å². The number of anilines is 1. The van der Waals surface area contributed by atoms with Gasteiger partial charge in [0.25, 0.3) is 0 Å². The summed E-state index contributed by atoms with van der Waals surface area (Å²) in [5.41, 5.74) is 5.39. The van der Waals surface area contributed by atoms with Crippen LogP contribution in [0.25, 0.3) is 11.3 Å². The van der Waals surface area contributed by atoms with E-state index >= 15 is 0 Å². The van der Waals surface area contributed by atoms with Crippen LogP contribution >= 0.6 is 11.6 Å². The van der Waals surface area contributed by atoms with E-state index in [1.807, 2.05) is 12.3 Å². The number of hydrogen-bond donors (Lipinski definition) is 0. The van der Waals surface area contributed by atoms with E-state index in [1.54, 1.807) is 12.4 Å². The molecule has 6 heteroatoms. The van der Waals surface area contributed by atoms with Gasteiger partial charge >= 0.3 is 0 Å². The molecule has 0 unspecified atom stereocenters. The maximum Gasteiger partial charge on any atom is 0.147 e. The van der Waals surface area contributed by atoms with Gasteiger partial charge in [-0.05, 0) is 38.4 Å². The monoisotopic (exact) mass is 407 g/mol. The van der Waals surface area contributed by atoms with Crippen molar-refractivity contribution in [2.75, 3.05) is 38.1 Å². The first kappa shape index (κ1) is 19.8. The number of nitrogens with zero attached hydrogens (tertiary/aromatic N) is 5. The zero-order valence-corrected chi connectivity index (χ0v) is 17.7. The smallest absolute Gasteiger partial charge is 0.147 e. The van der Waals surface area contributed by atoms with Gasteiger partial charge in [-0.15, -0.1) is 0 Å². The van der Waals surface area contributed by atoms with Gasteiger partial charge in [-0.25, -0.2) is 4.98 Å². The lowest BCUT2D eigenvalue weighted by Gasteiger charge is -2.33. The van der Waals surface area contributed by atoms with Crippen LogP contribution in [-0.2, 0) is 12.8 Å². The van der Waals surface area contributed by atoms with Gasteiger partial charge in [0.2, 0.25) is 0 Å². The van der Waals surface area contributed by atoms with Crippen LogP contribution in [0.5, 0.6) is 0 Å². The molecule has 0 radical (unpaired) electrons. The molecule has 150 valence electrons. The Labute approximate surface area is 177 Å². The number of rotatable bonds is 5. The van der Waals surface area contributed by atoms with Gasteiger partial charge in [0.15, 0.2) is 0 Å². The molecule has 5 nitrogen and oxygen atoms in total. The number of aryl methyl sites for hydroxylation is 3. The summed E-state index contributed by atoms with van der Waals surface area (Å²) in [6, 6.07) is 10.5. The van der Waals surface area contributed by atoms with E-state index in [0.29, 0.717) is 5.02 Å². The molecule has 0 saturated carbocycles. The molecular formula is C23H26ClN5. The van der Waals surface area contributed by atoms with Crippen LogP contribution in [0.15, 0.2) is 48.9 Å². The van der Waals surface area contributed by atoms with Crippen LogP contribution < -0.4 is 4.90 Å². The van der Waals surface area contributed by atoms with E-state index in [4.69, 9.17) is 21.6 Å². The average molecular weight is 408 g/mol. The van der Waals surface area contributed by atoms with Gasteiger partial charge in [0, 0.05) is 44.1 Å². The van der Waals surface area contributed by atoms with Crippen molar-refractivity contribution in [1.82, 2.24) is 19.9 Å². The SMILES string of the molecule is Cc1ccc(-c2ncc(N3CCN(C)CC3)nc2CCc2ccncc2Cl)cc1. The Balaban J connectivity index is 1.65. The largest absolute Gasteiger partial charge is 0.353 e. The van der Waals surface area contributed by atoms with Crippen LogP contribution in [0.1, 0.15) is 16.8 Å². The average Bonchev–Trinajstić information content (AvgIpc) is 2.74. The van der Waals surface area contributed by atoms with Crippen LogP contribution in [0.4, 0.5) is 5.82 Å². The zero-order chi connectivity index (χ0) is 20.2. The maximum atomic E-state index is 6.32. The van der Waals surface area contributed by atoms with Crippen molar-refractivity contribution in [1.29, 1.82) is 0 Å². The molecule has 4 rings (SSSR count). The Hall–Kier alpha value is -2.50. The summed E-state index contributed by atoms with van der Waals surface area (Å²) in [6.45, 7) is 6.14. The minimum absolute atomic E-state index is 0.701. The lowest BCUT2D eigenvalue weighted by atomic mass is 10.0. The molecule has 1 aromatic carbocycles. The molecule has 1 aliphatic rings. The van der Waals surface area contributed by atoms with E-state index in [1.165, 1.54) is 5.56 Å². The molecule has 0 spiro atoms. The van der Waals surface area contributed by atoms with Crippen molar-refractivity contribution in [2.24, 2.45) is 0 Å². The molecule has 29 heavy (non-hydrogen) atoms. The Bertz CT molecular complexity index is 965. The minimum Gasteiger partial charge on any atom is -0.353 e. The maximum absolute atomic E-state index is 6.32. The fraction of sp³-hybridized carbons (Fsp3) is 0.348. The summed E-state index contributed by atoms with van der Waals surface area (Å²) < 4.78 is 0. The van der Waals surface area contributed by atoms with Crippen molar-refractivity contribution in [3.8, 4) is 11.3 Å². The van der Waals surface area contributed by atoms with Gasteiger partial charge in [-0.3, -0.25) is 9.97 Å². The Morgan fingerprint density at radius 1 is 0.966 bits per heavy atom. The fourth-order valence-electron chi connectivity index (χ4n) is 3.59. The van der Waals surface area contributed by atoms with Crippen LogP contribution in [0.3, 0.4) is 0 Å². The van der Waals surface area contributed by atoms with E-state index in [-0.39, 0.29) is 0 Å². The highest BCUT2D eigenvalue weighted by atomic mass is 35.5. The number of likely N-dealkylation sites (N-methyl/N-ethyl adjacent to an activating group) is 1. The Morgan fingerprint density at radius 2 is 1.72 bits per heavy atom. The number of pyridine rings is 1. The number of hydrogen-bond acceptors (Lipinski definition) is 5. The summed E-state index contributed by atoms with van der Waals surface area (Å²) >= 11 is 6.32. The van der Waals surface area contributed by atoms with Crippen LogP contribution in [0, 0.1) is 6.92 Å². The summed E-state index contributed by atoms with van der Waals surface area (Å²) in [5.74, 6) is 0.963. The lowest BCUT2D eigenvalue weighted by Crippen LogP contribution is -2.45. The van der Waals surface area contributed by atoms with Crippen molar-refractivity contribution < 1.29 is 0 Å². The van der Waals surface area contributed by atoms with Gasteiger partial charge in [-0.2, -0.15) is 0 Å². The molecular weight excluding hydrogens is 382 g/mol. The second-order valence-corrected chi connectivity index (χ2v) is 8.05. The first-order valence-electron chi connectivity index (χ1n) is 10.0. The predicted molar refractivity (Wildman–Crippen MR) is 119 cm³/mol. The van der Waals surface area contributed by atoms with Gasteiger partial charge in [-0.1, -0.05) is 41.4 Å². The highest BCUT2D eigenvalue weighted by molar-refractivity contribution is 6.31. The fourth-order valence-corrected chi connectivity index (χ4v) is 3.81. The van der Waals surface area contributed by atoms with E-state index < -0.39 is 0 Å². The predicted octanol–water partition coefficient (Wildman–Crippen LogP) is 4.04. The summed E-state index contributed by atoms with van der Waals surface area (Å²) in [7, 11) is 2.16. The summed E-state index contributed by atoms with van der Waals surface area (Å²) in [4.78, 5) is 18.7. The summed E-state index contributed by atoms with van der Waals surface area (Å²) in [6.07, 6.45) is 6.99. The number of benzene rings is 1. The summed E-state index contributed by atoms with van der Waals surface area (Å²) in [5, 5.41) is 0.701. The van der Waals surface area contributed by atoms with Crippen molar-refractivity contribution >= 4 is 17.4 Å². The van der Waals surface area contributed by atoms with Gasteiger partial charge in [0.05, 0.1) is 22.6 Å². The highest BCUT2D eigenvalue weighted by Crippen LogP contribution is 2.26. The number of halogens is 1. The Morgan fingerprint density at radius 3 is 2.45 bits per heavy atom. The molecule has 1 fully saturated rings. The zero-order valence-electron chi connectivity index (χ0n) is 17.0. The molecule has 0 N–H and O–H groups in total. The molecule has 3 aromatic rings. The molecule has 0 bridgehead atoms. The van der Waals surface area contributed by atoms with E-state index in [9.17, 15) is 0 Å². The highest BCUT2D eigenvalue weighted by Gasteiger charge is 2.18. The van der Waals surface area contributed by atoms with Gasteiger partial charge in [0.1, 0.15) is 5.82 Å². The van der Waals surface area contributed by atoms with Crippen LogP contribution in [-0.4, -0.2) is 53.1 Å². The lowest BCUT2D eigenvalue weighted by molar-refractivity contribution is 0.312. The first-order valence-corrected chi connectivity index (χ1v) is 10.4. The van der Waals surface area contributed by atoms with E-state index in [0.717, 1.165) is 67.4 Å². The Kier molecular flexibility index (Phi) is 6.07. The first-order chi connectivity index (χ1) is 14.1. The second-order valence-electron chi connectivity index (χ2n) is 7.65. The minimum atomic E-state index is 0.701. The third-order valence-electron chi connectivity index (χ3n) is 5.47. The van der Waals surface area contributed by atoms with Crippen LogP contribution in [0.2, 0.25) is 5.02 Å². The third kappa shape index (κ3) is 4.74. The normalized spacial score (nSPS) is 14.9. The van der Waals surface area contributed by atoms with E-state index in [2.05, 4.69) is 53.0 Å².